The largest absolute Gasteiger partial charge is 0.387 e. The predicted molar refractivity (Wildman–Crippen MR) is 439 cm³/mol. The maximum atomic E-state index is 13.0. The van der Waals surface area contributed by atoms with E-state index in [1.165, 1.54) is 49.7 Å². The normalized spacial score (nSPS) is 12.0. The zero-order valence-electron chi connectivity index (χ0n) is 59.7. The van der Waals surface area contributed by atoms with Crippen LogP contribution < -0.4 is 43.0 Å². The van der Waals surface area contributed by atoms with Crippen LogP contribution in [-0.2, 0) is 13.1 Å². The number of pyridine rings is 8. The number of ketones is 4. The highest BCUT2D eigenvalue weighted by molar-refractivity contribution is 9.11. The first-order chi connectivity index (χ1) is 51.6. The highest BCUT2D eigenvalue weighted by Gasteiger charge is 2.23. The Morgan fingerprint density at radius 2 is 0.841 bits per heavy atom. The van der Waals surface area contributed by atoms with Gasteiger partial charge < -0.3 is 57.9 Å². The molecule has 0 amide bonds. The Kier molecular flexibility index (Phi) is 30.6. The Labute approximate surface area is 656 Å². The number of carbonyl (C=O) groups excluding carboxylic acids is 4. The summed E-state index contributed by atoms with van der Waals surface area (Å²) in [4.78, 5) is 96.1. The lowest BCUT2D eigenvalue weighted by Crippen LogP contribution is -2.33. The van der Waals surface area contributed by atoms with E-state index in [9.17, 15) is 24.3 Å². The number of aliphatic hydroxyl groups excluding tert-OH is 1. The van der Waals surface area contributed by atoms with Crippen molar-refractivity contribution < 1.29 is 24.3 Å². The summed E-state index contributed by atoms with van der Waals surface area (Å²) in [6, 6.07) is 57.9. The molecular weight excluding hydrogens is 1610 g/mol. The number of benzene rings is 3. The third kappa shape index (κ3) is 24.1. The molecule has 0 spiro atoms. The van der Waals surface area contributed by atoms with Crippen molar-refractivity contribution in [2.24, 2.45) is 0 Å². The summed E-state index contributed by atoms with van der Waals surface area (Å²) < 4.78 is 2.77. The first kappa shape index (κ1) is 80.8. The number of piperidine rings is 1. The minimum Gasteiger partial charge on any atom is -0.387 e. The molecular formula is C80H84Br4N18O5. The van der Waals surface area contributed by atoms with Crippen LogP contribution in [0.15, 0.2) is 231 Å². The molecule has 0 radical (unpaired) electrons. The lowest BCUT2D eigenvalue weighted by molar-refractivity contribution is 0.102. The van der Waals surface area contributed by atoms with E-state index < -0.39 is 6.10 Å². The number of likely N-dealkylation sites (tertiary alicyclic amines) is 1. The van der Waals surface area contributed by atoms with Crippen molar-refractivity contribution in [3.8, 4) is 0 Å². The Morgan fingerprint density at radius 3 is 1.26 bits per heavy atom. The Balaban J connectivity index is 0.000000165. The molecule has 9 heterocycles. The van der Waals surface area contributed by atoms with Crippen molar-refractivity contribution >= 4 is 133 Å². The van der Waals surface area contributed by atoms with Gasteiger partial charge in [0.25, 0.3) is 0 Å². The lowest BCUT2D eigenvalue weighted by atomic mass is 10.1. The van der Waals surface area contributed by atoms with Gasteiger partial charge in [-0.15, -0.1) is 0 Å². The maximum absolute atomic E-state index is 13.0. The summed E-state index contributed by atoms with van der Waals surface area (Å²) >= 11 is 13.3. The number of likely N-dealkylation sites (N-methyl/N-ethyl adjacent to an activating group) is 2. The Morgan fingerprint density at radius 1 is 0.467 bits per heavy atom. The number of nitrogens with zero attached hydrogens (tertiary/aromatic N) is 13. The minimum atomic E-state index is -0.665. The summed E-state index contributed by atoms with van der Waals surface area (Å²) in [6.45, 7) is 10.4. The number of nitrogen functional groups attached to an aromatic ring is 4. The van der Waals surface area contributed by atoms with Crippen molar-refractivity contribution in [3.63, 3.8) is 0 Å². The summed E-state index contributed by atoms with van der Waals surface area (Å²) in [6.07, 6.45) is 9.47. The number of halogens is 4. The molecule has 0 bridgehead atoms. The van der Waals surface area contributed by atoms with Crippen LogP contribution in [0.5, 0.6) is 0 Å². The van der Waals surface area contributed by atoms with Gasteiger partial charge >= 0.3 is 0 Å². The van der Waals surface area contributed by atoms with E-state index in [1.54, 1.807) is 84.2 Å². The molecule has 107 heavy (non-hydrogen) atoms. The van der Waals surface area contributed by atoms with Gasteiger partial charge in [-0.2, -0.15) is 0 Å². The number of aromatic nitrogens is 8. The second-order valence-electron chi connectivity index (χ2n) is 25.1. The van der Waals surface area contributed by atoms with Crippen LogP contribution in [0, 0.1) is 0 Å². The van der Waals surface area contributed by atoms with Gasteiger partial charge in [-0.05, 0) is 200 Å². The van der Waals surface area contributed by atoms with Gasteiger partial charge in [0.05, 0.1) is 28.4 Å². The molecule has 3 aromatic carbocycles. The minimum absolute atomic E-state index is 0.156. The third-order valence-corrected chi connectivity index (χ3v) is 18.6. The fourth-order valence-corrected chi connectivity index (χ4v) is 12.5. The average Bonchev–Trinajstić information content (AvgIpc) is 0.833. The molecule has 1 aliphatic heterocycles. The van der Waals surface area contributed by atoms with Crippen LogP contribution in [-0.4, -0.2) is 151 Å². The molecule has 23 nitrogen and oxygen atoms in total. The number of rotatable bonds is 26. The van der Waals surface area contributed by atoms with Crippen molar-refractivity contribution in [1.82, 2.24) is 49.7 Å². The number of hydrogen-bond donors (Lipinski definition) is 6. The predicted octanol–water partition coefficient (Wildman–Crippen LogP) is 13.9. The SMILES string of the molecule is CCN(Cc1ccccc1)c1cccc(C(=O)c2cc(Br)cnc2N)n1.CN(C)CCN(Cc1ccccc1)c1cccc(C(=O)c2cc(Br)cnc2N)n1.CN(CC(O)c1ccccc1)c1cccc(C(=O)c2cc(Br)cnc2N)n1.Nc1ncc(Br)cc1C(=O)c1cccc(NCCN2CCCCC2)n1. The zero-order chi connectivity index (χ0) is 76.4. The standard InChI is InChI=1S/C22H24BrN5O.C20H19BrN4O2.C20H19BrN4O.C18H22BrN5O/c1-27(2)11-12-28(15-16-7-4-3-5-8-16)20-10-6-9-19(26-20)21(29)18-13-17(23)14-25-22(18)24;1-25(12-17(26)13-6-3-2-4-7-13)18-9-5-8-16(24-18)19(27)15-10-14(21)11-23-20(15)22;1-2-25(13-14-7-4-3-5-8-14)18-10-6-9-17(24-18)19(26)16-11-15(21)12-23-20(16)22;19-13-11-14(18(20)22-12-13)17(25)15-5-4-6-16(23-15)21-7-10-24-8-2-1-3-9-24/h3-10,13-14H,11-12,15H2,1-2H3,(H2,24,25);2-11,17,26H,12H2,1H3,(H2,22,23);3-12H,2,13H2,1H3,(H2,22,23);4-6,11-12H,1-3,7-10H2,(H2,20,22)(H,21,23). The van der Waals surface area contributed by atoms with Crippen molar-refractivity contribution in [2.45, 2.75) is 45.4 Å². The second-order valence-corrected chi connectivity index (χ2v) is 28.7. The van der Waals surface area contributed by atoms with Crippen molar-refractivity contribution in [3.05, 3.63) is 292 Å². The number of nitrogens with one attached hydrogen (secondary N) is 1. The number of aliphatic hydroxyl groups is 1. The molecule has 0 aliphatic carbocycles. The molecule has 8 aromatic heterocycles. The van der Waals surface area contributed by atoms with E-state index >= 15 is 0 Å². The summed E-state index contributed by atoms with van der Waals surface area (Å²) in [7, 11) is 5.89. The van der Waals surface area contributed by atoms with Crippen LogP contribution >= 0.6 is 63.7 Å². The van der Waals surface area contributed by atoms with Crippen molar-refractivity contribution in [1.29, 1.82) is 0 Å². The van der Waals surface area contributed by atoms with E-state index in [0.29, 0.717) is 82.0 Å². The van der Waals surface area contributed by atoms with Crippen LogP contribution in [0.3, 0.4) is 0 Å². The summed E-state index contributed by atoms with van der Waals surface area (Å²) in [5, 5.41) is 13.7. The number of carbonyl (C=O) groups is 4. The maximum Gasteiger partial charge on any atom is 0.215 e. The molecule has 1 aliphatic rings. The van der Waals surface area contributed by atoms with Gasteiger partial charge in [0, 0.05) is 102 Å². The molecule has 1 unspecified atom stereocenters. The fourth-order valence-electron chi connectivity index (χ4n) is 11.2. The molecule has 1 fully saturated rings. The third-order valence-electron chi connectivity index (χ3n) is 16.9. The second kappa shape index (κ2) is 40.5. The molecule has 1 saturated heterocycles. The number of nitrogens with two attached hydrogens (primary N) is 4. The van der Waals surface area contributed by atoms with Crippen LogP contribution in [0.25, 0.3) is 0 Å². The smallest absolute Gasteiger partial charge is 0.215 e. The molecule has 10 N–H and O–H groups in total. The van der Waals surface area contributed by atoms with Gasteiger partial charge in [0.2, 0.25) is 23.1 Å². The molecule has 0 saturated carbocycles. The molecule has 552 valence electrons. The number of hydrogen-bond acceptors (Lipinski definition) is 23. The van der Waals surface area contributed by atoms with E-state index in [4.69, 9.17) is 22.9 Å². The average molecular weight is 1700 g/mol. The van der Waals surface area contributed by atoms with E-state index in [2.05, 4.69) is 160 Å². The van der Waals surface area contributed by atoms with E-state index in [-0.39, 0.29) is 52.1 Å². The quantitative estimate of drug-likeness (QED) is 0.0274. The highest BCUT2D eigenvalue weighted by atomic mass is 79.9. The number of anilines is 8. The zero-order valence-corrected chi connectivity index (χ0v) is 66.0. The topological polar surface area (TPSA) is 324 Å². The van der Waals surface area contributed by atoms with Crippen molar-refractivity contribution in [2.75, 3.05) is 116 Å². The Bertz CT molecular complexity index is 4780. The molecule has 27 heteroatoms. The van der Waals surface area contributed by atoms with Crippen LogP contribution in [0.1, 0.15) is 113 Å². The fraction of sp³-hybridized carbons (Fsp3) is 0.225. The van der Waals surface area contributed by atoms with Crippen LogP contribution in [0.4, 0.5) is 46.5 Å². The Hall–Kier alpha value is -10.3. The highest BCUT2D eigenvalue weighted by Crippen LogP contribution is 2.27. The van der Waals surface area contributed by atoms with E-state index in [0.717, 1.165) is 56.5 Å². The molecule has 11 aromatic rings. The first-order valence-corrected chi connectivity index (χ1v) is 37.6. The van der Waals surface area contributed by atoms with Gasteiger partial charge in [-0.25, -0.2) is 39.9 Å². The molecule has 12 rings (SSSR count). The first-order valence-electron chi connectivity index (χ1n) is 34.4. The van der Waals surface area contributed by atoms with Crippen LogP contribution in [0.2, 0.25) is 0 Å². The molecule has 1 atom stereocenters. The summed E-state index contributed by atoms with van der Waals surface area (Å²) in [5.41, 5.74) is 29.3. The summed E-state index contributed by atoms with van der Waals surface area (Å²) in [5.74, 6) is 2.52. The van der Waals surface area contributed by atoms with Gasteiger partial charge in [0.1, 0.15) is 69.3 Å². The van der Waals surface area contributed by atoms with Gasteiger partial charge in [-0.3, -0.25) is 19.2 Å². The monoisotopic (exact) mass is 1690 g/mol. The van der Waals surface area contributed by atoms with Gasteiger partial charge in [-0.1, -0.05) is 122 Å². The van der Waals surface area contributed by atoms with Gasteiger partial charge in [0.15, 0.2) is 0 Å². The van der Waals surface area contributed by atoms with E-state index in [1.807, 2.05) is 124 Å². The lowest BCUT2D eigenvalue weighted by Gasteiger charge is -2.26.